The molecular weight excluding hydrogens is 873 g/mol. The summed E-state index contributed by atoms with van der Waals surface area (Å²) in [5.74, 6) is -1.49. The molecule has 2 aliphatic heterocycles. The van der Waals surface area contributed by atoms with Crippen LogP contribution in [0.2, 0.25) is 0 Å². The van der Waals surface area contributed by atoms with E-state index >= 15 is 0 Å². The highest BCUT2D eigenvalue weighted by Gasteiger charge is 2.70. The fourth-order valence-corrected chi connectivity index (χ4v) is 12.4. The number of carbonyl (C=O) groups excluding carboxylic acids is 3. The molecule has 8 rings (SSSR count). The van der Waals surface area contributed by atoms with Gasteiger partial charge in [-0.25, -0.2) is 9.59 Å². The Morgan fingerprint density at radius 3 is 2.00 bits per heavy atom. The number of benzene rings is 2. The third-order valence-corrected chi connectivity index (χ3v) is 16.2. The maximum atomic E-state index is 13.6. The molecule has 17 nitrogen and oxygen atoms in total. The Hall–Kier alpha value is -4.17. The molecule has 0 amide bonds. The van der Waals surface area contributed by atoms with Gasteiger partial charge in [-0.05, 0) is 117 Å². The van der Waals surface area contributed by atoms with E-state index < -0.39 is 96.8 Å². The molecule has 6 aliphatic rings. The average Bonchev–Trinajstić information content (AvgIpc) is 3.55. The van der Waals surface area contributed by atoms with E-state index in [9.17, 15) is 39.9 Å². The molecule has 67 heavy (non-hydrogen) atoms. The summed E-state index contributed by atoms with van der Waals surface area (Å²) in [5.41, 5.74) is -0.822. The normalized spacial score (nSPS) is 39.6. The van der Waals surface area contributed by atoms with Crippen LogP contribution < -0.4 is 9.47 Å². The van der Waals surface area contributed by atoms with Crippen LogP contribution in [0, 0.1) is 34.5 Å². The van der Waals surface area contributed by atoms with E-state index in [0.717, 1.165) is 19.3 Å². The first-order valence-corrected chi connectivity index (χ1v) is 23.4. The van der Waals surface area contributed by atoms with Gasteiger partial charge in [-0.2, -0.15) is 0 Å². The first-order valence-electron chi connectivity index (χ1n) is 23.4. The standard InChI is InChI=1S/C50H66O17/c1-26(23-61-44(56)28-7-12-32(59-5)13-8-28)50(58)39(22-36-34-16-11-30-21-31(52)17-19-48(30,3)35(34)18-20-49(36,50)4)65-47-43(64-27(2)51)41(38(54)25-63-47)67-46-42(40(55)37(53)24-62-46)66-45(57)29-9-14-33(60-6)15-10-29/h7-15,26,31,34-43,46-47,52-55,58H,16-25H2,1-6H3/t26-,31+,34-,35+,36+,37-,38+,39+,40+,41+,42-,43-,46+,47+,48+,49+,50-/m1/s1. The van der Waals surface area contributed by atoms with E-state index in [2.05, 4.69) is 19.9 Å². The van der Waals surface area contributed by atoms with Crippen molar-refractivity contribution in [3.05, 3.63) is 71.3 Å². The molecule has 3 saturated carbocycles. The minimum Gasteiger partial charge on any atom is -0.497 e. The van der Waals surface area contributed by atoms with Crippen molar-refractivity contribution in [1.82, 2.24) is 0 Å². The molecule has 368 valence electrons. The molecule has 2 heterocycles. The molecule has 0 radical (unpaired) electrons. The predicted molar refractivity (Wildman–Crippen MR) is 235 cm³/mol. The van der Waals surface area contributed by atoms with Crippen LogP contribution in [-0.4, -0.2) is 144 Å². The van der Waals surface area contributed by atoms with Gasteiger partial charge in [0.15, 0.2) is 24.8 Å². The molecule has 5 fully saturated rings. The van der Waals surface area contributed by atoms with Gasteiger partial charge in [0, 0.05) is 18.3 Å². The summed E-state index contributed by atoms with van der Waals surface area (Å²) in [6.45, 7) is 6.42. The Morgan fingerprint density at radius 1 is 0.761 bits per heavy atom. The van der Waals surface area contributed by atoms with Crippen LogP contribution in [0.15, 0.2) is 60.2 Å². The maximum absolute atomic E-state index is 13.6. The molecular formula is C50H66O17. The summed E-state index contributed by atoms with van der Waals surface area (Å²) in [7, 11) is 3.01. The lowest BCUT2D eigenvalue weighted by molar-refractivity contribution is -0.345. The van der Waals surface area contributed by atoms with Crippen molar-refractivity contribution in [1.29, 1.82) is 0 Å². The second-order valence-corrected chi connectivity index (χ2v) is 19.8. The Bertz CT molecular complexity index is 2110. The summed E-state index contributed by atoms with van der Waals surface area (Å²) in [5, 5.41) is 57.4. The number of aliphatic hydroxyl groups is 5. The number of allylic oxidation sites excluding steroid dienone is 1. The highest BCUT2D eigenvalue weighted by Crippen LogP contribution is 2.69. The average molecular weight is 939 g/mol. The number of carbonyl (C=O) groups is 3. The van der Waals surface area contributed by atoms with E-state index in [1.165, 1.54) is 38.8 Å². The molecule has 2 aromatic rings. The van der Waals surface area contributed by atoms with Gasteiger partial charge >= 0.3 is 17.9 Å². The smallest absolute Gasteiger partial charge is 0.338 e. The zero-order valence-corrected chi connectivity index (χ0v) is 39.0. The first kappa shape index (κ1) is 49.3. The van der Waals surface area contributed by atoms with E-state index in [-0.39, 0.29) is 48.0 Å². The lowest BCUT2D eigenvalue weighted by Gasteiger charge is -2.59. The van der Waals surface area contributed by atoms with E-state index in [4.69, 9.17) is 42.6 Å². The molecule has 0 unspecified atom stereocenters. The van der Waals surface area contributed by atoms with Crippen molar-refractivity contribution in [2.75, 3.05) is 34.0 Å². The Labute approximate surface area is 390 Å². The van der Waals surface area contributed by atoms with Crippen LogP contribution in [-0.2, 0) is 38.0 Å². The number of methoxy groups -OCH3 is 2. The number of esters is 3. The van der Waals surface area contributed by atoms with Crippen LogP contribution in [0.4, 0.5) is 0 Å². The van der Waals surface area contributed by atoms with Gasteiger partial charge in [-0.3, -0.25) is 4.79 Å². The summed E-state index contributed by atoms with van der Waals surface area (Å²) in [4.78, 5) is 39.7. The monoisotopic (exact) mass is 938 g/mol. The summed E-state index contributed by atoms with van der Waals surface area (Å²) < 4.78 is 53.0. The SMILES string of the molecule is COc1ccc(C(=O)OC[C@@H](C)[C@@]2(O)[C@@H](O[C@@H]3OC[C@H](O)[C@H](O[C@@H]4OC[C@@H](O)[C@H](O)[C@H]4OC(=O)c4ccc(OC)cc4)[C@H]3OC(C)=O)C[C@H]3[C@@H]4CC=C5C[C@@H](O)CC[C@]5(C)[C@H]4CC[C@@]32C)cc1. The highest BCUT2D eigenvalue weighted by molar-refractivity contribution is 5.90. The van der Waals surface area contributed by atoms with E-state index in [0.29, 0.717) is 42.7 Å². The number of fused-ring (bicyclic) bond motifs is 5. The van der Waals surface area contributed by atoms with Crippen LogP contribution >= 0.6 is 0 Å². The summed E-state index contributed by atoms with van der Waals surface area (Å²) in [6, 6.07) is 12.6. The number of ether oxygens (including phenoxy) is 9. The Kier molecular flexibility index (Phi) is 14.5. The summed E-state index contributed by atoms with van der Waals surface area (Å²) >= 11 is 0. The summed E-state index contributed by atoms with van der Waals surface area (Å²) in [6.07, 6.45) is -6.43. The predicted octanol–water partition coefficient (Wildman–Crippen LogP) is 3.88. The first-order chi connectivity index (χ1) is 31.9. The minimum absolute atomic E-state index is 0.0828. The van der Waals surface area contributed by atoms with Crippen molar-refractivity contribution in [3.8, 4) is 11.5 Å². The largest absolute Gasteiger partial charge is 0.497 e. The van der Waals surface area contributed by atoms with Crippen molar-refractivity contribution in [2.45, 2.75) is 140 Å². The minimum atomic E-state index is -1.68. The third-order valence-electron chi connectivity index (χ3n) is 16.2. The zero-order valence-electron chi connectivity index (χ0n) is 39.0. The van der Waals surface area contributed by atoms with E-state index in [1.54, 1.807) is 36.4 Å². The molecule has 17 heteroatoms. The molecule has 0 bridgehead atoms. The lowest BCUT2D eigenvalue weighted by atomic mass is 9.46. The Morgan fingerprint density at radius 2 is 1.37 bits per heavy atom. The maximum Gasteiger partial charge on any atom is 0.338 e. The van der Waals surface area contributed by atoms with Gasteiger partial charge in [0.1, 0.15) is 41.5 Å². The van der Waals surface area contributed by atoms with E-state index in [1.807, 2.05) is 6.92 Å². The van der Waals surface area contributed by atoms with Crippen molar-refractivity contribution < 1.29 is 82.5 Å². The number of aliphatic hydroxyl groups excluding tert-OH is 4. The van der Waals surface area contributed by atoms with Crippen LogP contribution in [0.1, 0.15) is 93.4 Å². The fraction of sp³-hybridized carbons (Fsp3) is 0.660. The third kappa shape index (κ3) is 9.23. The highest BCUT2D eigenvalue weighted by atomic mass is 16.8. The van der Waals surface area contributed by atoms with Crippen molar-refractivity contribution in [3.63, 3.8) is 0 Å². The molecule has 2 aromatic carbocycles. The number of hydrogen-bond donors (Lipinski definition) is 5. The van der Waals surface area contributed by atoms with Gasteiger partial charge in [-0.1, -0.05) is 32.4 Å². The Balaban J connectivity index is 1.08. The molecule has 2 saturated heterocycles. The van der Waals surface area contributed by atoms with Crippen LogP contribution in [0.5, 0.6) is 11.5 Å². The van der Waals surface area contributed by atoms with Gasteiger partial charge in [0.25, 0.3) is 0 Å². The van der Waals surface area contributed by atoms with Crippen LogP contribution in [0.3, 0.4) is 0 Å². The number of rotatable bonds is 13. The fourth-order valence-electron chi connectivity index (χ4n) is 12.4. The van der Waals surface area contributed by atoms with Gasteiger partial charge in [-0.15, -0.1) is 0 Å². The molecule has 5 N–H and O–H groups in total. The van der Waals surface area contributed by atoms with Gasteiger partial charge < -0.3 is 68.2 Å². The second kappa shape index (κ2) is 19.7. The molecule has 17 atom stereocenters. The van der Waals surface area contributed by atoms with Crippen molar-refractivity contribution >= 4 is 17.9 Å². The van der Waals surface area contributed by atoms with Crippen LogP contribution in [0.25, 0.3) is 0 Å². The number of hydrogen-bond acceptors (Lipinski definition) is 17. The molecule has 0 spiro atoms. The quantitative estimate of drug-likeness (QED) is 0.109. The second-order valence-electron chi connectivity index (χ2n) is 19.8. The zero-order chi connectivity index (χ0) is 48.0. The lowest BCUT2D eigenvalue weighted by Crippen LogP contribution is -2.64. The molecule has 0 aromatic heterocycles. The van der Waals surface area contributed by atoms with Gasteiger partial charge in [0.2, 0.25) is 0 Å². The topological polar surface area (TPSA) is 235 Å². The van der Waals surface area contributed by atoms with Crippen molar-refractivity contribution in [2.24, 2.45) is 34.5 Å². The molecule has 4 aliphatic carbocycles. The van der Waals surface area contributed by atoms with Gasteiger partial charge in [0.05, 0.1) is 57.4 Å².